The summed E-state index contributed by atoms with van der Waals surface area (Å²) in [7, 11) is 1.63. The summed E-state index contributed by atoms with van der Waals surface area (Å²) in [5, 5.41) is 10.00. The summed E-state index contributed by atoms with van der Waals surface area (Å²) in [6.07, 6.45) is 0.718. The zero-order valence-electron chi connectivity index (χ0n) is 20.3. The average Bonchev–Trinajstić information content (AvgIpc) is 3.24. The van der Waals surface area contributed by atoms with Gasteiger partial charge in [-0.05, 0) is 55.0 Å². The molecule has 0 spiro atoms. The van der Waals surface area contributed by atoms with Crippen LogP contribution < -0.4 is 9.64 Å². The summed E-state index contributed by atoms with van der Waals surface area (Å²) in [6, 6.07) is 21.7. The molecule has 5 aromatic rings. The third-order valence-corrected chi connectivity index (χ3v) is 6.75. The molecule has 1 aliphatic rings. The molecule has 0 saturated carbocycles. The number of methoxy groups -OCH3 is 1. The number of carbonyl (C=O) groups excluding carboxylic acids is 1. The molecule has 186 valence electrons. The zero-order chi connectivity index (χ0) is 25.4. The maximum absolute atomic E-state index is 14.3. The van der Waals surface area contributed by atoms with Crippen molar-refractivity contribution in [1.82, 2.24) is 24.5 Å². The Balaban J connectivity index is 1.40. The Morgan fingerprint density at radius 2 is 1.68 bits per heavy atom. The van der Waals surface area contributed by atoms with Crippen LogP contribution in [0.5, 0.6) is 5.75 Å². The van der Waals surface area contributed by atoms with E-state index in [2.05, 4.69) is 15.1 Å². The monoisotopic (exact) mass is 496 g/mol. The smallest absolute Gasteiger partial charge is 0.256 e. The molecule has 1 aliphatic heterocycles. The van der Waals surface area contributed by atoms with Crippen molar-refractivity contribution in [3.63, 3.8) is 0 Å². The number of halogens is 1. The molecule has 3 aromatic carbocycles. The number of aromatic nitrogens is 4. The van der Waals surface area contributed by atoms with Crippen LogP contribution in [0.1, 0.15) is 16.8 Å². The molecule has 1 amide bonds. The summed E-state index contributed by atoms with van der Waals surface area (Å²) < 4.78 is 21.6. The van der Waals surface area contributed by atoms with Crippen LogP contribution in [-0.2, 0) is 0 Å². The van der Waals surface area contributed by atoms with Crippen LogP contribution in [0.2, 0.25) is 0 Å². The second-order valence-electron chi connectivity index (χ2n) is 8.95. The SMILES string of the molecule is COc1ccc(-c2nnc3c4ccccc4nc(N4CCCN(C(=O)c5ccccc5F)CC4)n23)cc1. The third kappa shape index (κ3) is 4.12. The highest BCUT2D eigenvalue weighted by molar-refractivity contribution is 5.95. The fraction of sp³-hybridized carbons (Fsp3) is 0.214. The Morgan fingerprint density at radius 1 is 0.892 bits per heavy atom. The molecule has 0 radical (unpaired) electrons. The lowest BCUT2D eigenvalue weighted by Gasteiger charge is -2.24. The van der Waals surface area contributed by atoms with Gasteiger partial charge in [-0.2, -0.15) is 0 Å². The number of hydrogen-bond donors (Lipinski definition) is 0. The van der Waals surface area contributed by atoms with E-state index < -0.39 is 5.82 Å². The maximum atomic E-state index is 14.3. The van der Waals surface area contributed by atoms with Gasteiger partial charge in [-0.1, -0.05) is 24.3 Å². The van der Waals surface area contributed by atoms with Crippen LogP contribution in [0, 0.1) is 5.82 Å². The normalized spacial score (nSPS) is 14.2. The molecule has 2 aromatic heterocycles. The minimum Gasteiger partial charge on any atom is -0.497 e. The van der Waals surface area contributed by atoms with Gasteiger partial charge < -0.3 is 14.5 Å². The number of ether oxygens (including phenoxy) is 1. The minimum absolute atomic E-state index is 0.0998. The number of fused-ring (bicyclic) bond motifs is 3. The molecule has 0 bridgehead atoms. The van der Waals surface area contributed by atoms with E-state index in [4.69, 9.17) is 9.72 Å². The van der Waals surface area contributed by atoms with Crippen molar-refractivity contribution in [2.45, 2.75) is 6.42 Å². The largest absolute Gasteiger partial charge is 0.497 e. The van der Waals surface area contributed by atoms with Crippen LogP contribution >= 0.6 is 0 Å². The molecule has 1 saturated heterocycles. The van der Waals surface area contributed by atoms with Gasteiger partial charge in [0.15, 0.2) is 11.5 Å². The van der Waals surface area contributed by atoms with E-state index in [0.717, 1.165) is 34.3 Å². The van der Waals surface area contributed by atoms with Crippen LogP contribution in [0.15, 0.2) is 72.8 Å². The number of anilines is 1. The highest BCUT2D eigenvalue weighted by atomic mass is 19.1. The van der Waals surface area contributed by atoms with Gasteiger partial charge in [-0.15, -0.1) is 10.2 Å². The first-order valence-electron chi connectivity index (χ1n) is 12.2. The van der Waals surface area contributed by atoms with E-state index in [1.165, 1.54) is 12.1 Å². The number of hydrogen-bond acceptors (Lipinski definition) is 6. The van der Waals surface area contributed by atoms with Gasteiger partial charge in [-0.3, -0.25) is 4.79 Å². The predicted octanol–water partition coefficient (Wildman–Crippen LogP) is 4.44. The molecular formula is C28H25FN6O2. The maximum Gasteiger partial charge on any atom is 0.256 e. The van der Waals surface area contributed by atoms with Crippen LogP contribution in [0.4, 0.5) is 10.3 Å². The van der Waals surface area contributed by atoms with Gasteiger partial charge in [0.1, 0.15) is 11.6 Å². The standard InChI is InChI=1S/C28H25FN6O2/c1-37-20-13-11-19(12-14-20)25-31-32-26-22-8-3-5-10-24(22)30-28(35(25)26)34-16-6-15-33(17-18-34)27(36)21-7-2-4-9-23(21)29/h2-5,7-14H,6,15-18H2,1H3. The zero-order valence-corrected chi connectivity index (χ0v) is 20.3. The van der Waals surface area contributed by atoms with E-state index >= 15 is 0 Å². The van der Waals surface area contributed by atoms with Gasteiger partial charge >= 0.3 is 0 Å². The first-order valence-corrected chi connectivity index (χ1v) is 12.2. The molecule has 0 N–H and O–H groups in total. The van der Waals surface area contributed by atoms with Crippen molar-refractivity contribution in [1.29, 1.82) is 0 Å². The summed E-state index contributed by atoms with van der Waals surface area (Å²) in [5.41, 5.74) is 2.53. The second kappa shape index (κ2) is 9.50. The predicted molar refractivity (Wildman–Crippen MR) is 139 cm³/mol. The van der Waals surface area contributed by atoms with Gasteiger partial charge in [0, 0.05) is 37.1 Å². The number of para-hydroxylation sites is 1. The lowest BCUT2D eigenvalue weighted by molar-refractivity contribution is 0.0762. The average molecular weight is 497 g/mol. The molecular weight excluding hydrogens is 471 g/mol. The van der Waals surface area contributed by atoms with Crippen molar-refractivity contribution in [2.75, 3.05) is 38.2 Å². The molecule has 1 fully saturated rings. The molecule has 0 aliphatic carbocycles. The van der Waals surface area contributed by atoms with Crippen LogP contribution in [0.25, 0.3) is 27.9 Å². The summed E-state index contributed by atoms with van der Waals surface area (Å²) >= 11 is 0. The number of nitrogens with zero attached hydrogens (tertiary/aromatic N) is 6. The number of amides is 1. The number of carbonyl (C=O) groups is 1. The van der Waals surface area contributed by atoms with Gasteiger partial charge in [0.25, 0.3) is 5.91 Å². The summed E-state index contributed by atoms with van der Waals surface area (Å²) in [6.45, 7) is 2.21. The second-order valence-corrected chi connectivity index (χ2v) is 8.95. The Bertz CT molecular complexity index is 1600. The topological polar surface area (TPSA) is 75.9 Å². The van der Waals surface area contributed by atoms with E-state index in [9.17, 15) is 9.18 Å². The quantitative estimate of drug-likeness (QED) is 0.366. The summed E-state index contributed by atoms with van der Waals surface area (Å²) in [4.78, 5) is 22.0. The highest BCUT2D eigenvalue weighted by Crippen LogP contribution is 2.30. The Kier molecular flexibility index (Phi) is 5.88. The number of benzene rings is 3. The fourth-order valence-electron chi connectivity index (χ4n) is 4.83. The molecule has 8 nitrogen and oxygen atoms in total. The first-order chi connectivity index (χ1) is 18.1. The molecule has 3 heterocycles. The highest BCUT2D eigenvalue weighted by Gasteiger charge is 2.26. The Morgan fingerprint density at radius 3 is 2.49 bits per heavy atom. The number of rotatable bonds is 4. The van der Waals surface area contributed by atoms with Crippen molar-refractivity contribution < 1.29 is 13.9 Å². The first kappa shape index (κ1) is 22.9. The molecule has 0 atom stereocenters. The van der Waals surface area contributed by atoms with Crippen LogP contribution in [-0.4, -0.2) is 63.7 Å². The van der Waals surface area contributed by atoms with Crippen molar-refractivity contribution in [3.8, 4) is 17.1 Å². The molecule has 37 heavy (non-hydrogen) atoms. The van der Waals surface area contributed by atoms with E-state index in [1.54, 1.807) is 24.1 Å². The van der Waals surface area contributed by atoms with Crippen LogP contribution in [0.3, 0.4) is 0 Å². The van der Waals surface area contributed by atoms with Crippen molar-refractivity contribution >= 4 is 28.4 Å². The van der Waals surface area contributed by atoms with Gasteiger partial charge in [-0.25, -0.2) is 13.8 Å². The molecule has 0 unspecified atom stereocenters. The lowest BCUT2D eigenvalue weighted by atomic mass is 10.2. The Hall–Kier alpha value is -4.53. The van der Waals surface area contributed by atoms with E-state index in [-0.39, 0.29) is 11.5 Å². The Labute approximate surface area is 212 Å². The van der Waals surface area contributed by atoms with E-state index in [0.29, 0.717) is 38.0 Å². The van der Waals surface area contributed by atoms with E-state index in [1.807, 2.05) is 52.9 Å². The van der Waals surface area contributed by atoms with Gasteiger partial charge in [0.2, 0.25) is 5.95 Å². The third-order valence-electron chi connectivity index (χ3n) is 6.75. The lowest BCUT2D eigenvalue weighted by Crippen LogP contribution is -2.36. The fourth-order valence-corrected chi connectivity index (χ4v) is 4.83. The molecule has 6 rings (SSSR count). The van der Waals surface area contributed by atoms with Crippen molar-refractivity contribution in [3.05, 3.63) is 84.2 Å². The van der Waals surface area contributed by atoms with Gasteiger partial charge in [0.05, 0.1) is 18.2 Å². The molecule has 9 heteroatoms. The minimum atomic E-state index is -0.500. The van der Waals surface area contributed by atoms with Crippen molar-refractivity contribution in [2.24, 2.45) is 0 Å². The summed E-state index contributed by atoms with van der Waals surface area (Å²) in [5.74, 6) is 1.35.